The summed E-state index contributed by atoms with van der Waals surface area (Å²) in [6, 6.07) is 16.3. The maximum Gasteiger partial charge on any atom is 0.272 e. The molecule has 176 valence electrons. The van der Waals surface area contributed by atoms with Crippen LogP contribution in [0.3, 0.4) is 0 Å². The third kappa shape index (κ3) is 6.54. The number of non-ortho nitro benzene ring substituents is 2. The van der Waals surface area contributed by atoms with Gasteiger partial charge in [0, 0.05) is 24.3 Å². The number of nitrogens with one attached hydrogen (secondary N) is 1. The summed E-state index contributed by atoms with van der Waals surface area (Å²) in [5, 5.41) is 33.1. The van der Waals surface area contributed by atoms with E-state index in [2.05, 4.69) is 5.32 Å². The molecule has 0 radical (unpaired) electrons. The van der Waals surface area contributed by atoms with Crippen LogP contribution in [0.15, 0.2) is 66.2 Å². The molecule has 0 atom stereocenters. The number of hydrogen-bond acceptors (Lipinski definition) is 7. The molecule has 1 amide bonds. The van der Waals surface area contributed by atoms with Crippen LogP contribution in [0.25, 0.3) is 6.08 Å². The third-order valence-electron chi connectivity index (χ3n) is 4.59. The molecule has 0 heterocycles. The van der Waals surface area contributed by atoms with Gasteiger partial charge in [-0.25, -0.2) is 0 Å². The predicted molar refractivity (Wildman–Crippen MR) is 129 cm³/mol. The van der Waals surface area contributed by atoms with Gasteiger partial charge in [0.05, 0.1) is 25.6 Å². The molecule has 0 aromatic heterocycles. The molecule has 3 rings (SSSR count). The number of benzene rings is 3. The number of amides is 1. The topological polar surface area (TPSA) is 148 Å². The summed E-state index contributed by atoms with van der Waals surface area (Å²) in [4.78, 5) is 33.0. The number of nitro benzene ring substituents is 2. The lowest BCUT2D eigenvalue weighted by Gasteiger charge is -2.09. The molecule has 3 aromatic carbocycles. The predicted octanol–water partition coefficient (Wildman–Crippen LogP) is 5.93. The van der Waals surface area contributed by atoms with Crippen molar-refractivity contribution in [3.05, 3.63) is 108 Å². The average molecular weight is 513 g/mol. The van der Waals surface area contributed by atoms with Crippen LogP contribution in [-0.2, 0) is 11.4 Å². The maximum absolute atomic E-state index is 12.5. The molecule has 0 bridgehead atoms. The first-order valence-electron chi connectivity index (χ1n) is 9.70. The Labute approximate surface area is 208 Å². The van der Waals surface area contributed by atoms with Gasteiger partial charge in [0.25, 0.3) is 17.3 Å². The van der Waals surface area contributed by atoms with Crippen molar-refractivity contribution in [1.29, 1.82) is 5.26 Å². The fraction of sp³-hybridized carbons (Fsp3) is 0.0435. The fourth-order valence-electron chi connectivity index (χ4n) is 2.82. The number of carbonyl (C=O) groups is 1. The minimum atomic E-state index is -0.802. The molecule has 0 saturated heterocycles. The lowest BCUT2D eigenvalue weighted by molar-refractivity contribution is -0.385. The number of carbonyl (C=O) groups excluding carboxylic acids is 1. The highest BCUT2D eigenvalue weighted by molar-refractivity contribution is 6.40. The zero-order valence-corrected chi connectivity index (χ0v) is 19.1. The summed E-state index contributed by atoms with van der Waals surface area (Å²) >= 11 is 12.0. The number of halogens is 2. The van der Waals surface area contributed by atoms with Crippen LogP contribution in [0.2, 0.25) is 10.0 Å². The summed E-state index contributed by atoms with van der Waals surface area (Å²) in [5.74, 6) is -0.295. The van der Waals surface area contributed by atoms with Gasteiger partial charge in [0.1, 0.15) is 24.0 Å². The molecule has 0 saturated carbocycles. The molecule has 0 aliphatic heterocycles. The second-order valence-corrected chi connectivity index (χ2v) is 7.76. The number of nitro groups is 2. The standard InChI is InChI=1S/C23H14Cl2N4O6/c24-20-10-18(29(33)34)11-21(25)22(20)27-23(30)16(12-26)9-14-3-7-19(8-4-14)35-13-15-1-5-17(6-2-15)28(31)32/h1-11H,13H2,(H,27,30)/b16-9+. The normalized spacial score (nSPS) is 10.8. The van der Waals surface area contributed by atoms with Crippen molar-refractivity contribution in [1.82, 2.24) is 0 Å². The van der Waals surface area contributed by atoms with Crippen LogP contribution < -0.4 is 10.1 Å². The smallest absolute Gasteiger partial charge is 0.272 e. The lowest BCUT2D eigenvalue weighted by Crippen LogP contribution is -2.14. The highest BCUT2D eigenvalue weighted by Crippen LogP contribution is 2.35. The Morgan fingerprint density at radius 1 is 0.971 bits per heavy atom. The number of nitrogens with zero attached hydrogens (tertiary/aromatic N) is 3. The van der Waals surface area contributed by atoms with Crippen molar-refractivity contribution in [2.45, 2.75) is 6.61 Å². The van der Waals surface area contributed by atoms with Crippen LogP contribution in [0.5, 0.6) is 5.75 Å². The van der Waals surface area contributed by atoms with Gasteiger partial charge in [-0.2, -0.15) is 5.26 Å². The Morgan fingerprint density at radius 3 is 2.06 bits per heavy atom. The van der Waals surface area contributed by atoms with Crippen molar-refractivity contribution in [2.75, 3.05) is 5.32 Å². The molecular weight excluding hydrogens is 499 g/mol. The SMILES string of the molecule is N#C/C(=C\c1ccc(OCc2ccc([N+](=O)[O-])cc2)cc1)C(=O)Nc1c(Cl)cc([N+](=O)[O-])cc1Cl. The zero-order chi connectivity index (χ0) is 25.5. The van der Waals surface area contributed by atoms with E-state index in [1.165, 1.54) is 18.2 Å². The first kappa shape index (κ1) is 25.2. The fourth-order valence-corrected chi connectivity index (χ4v) is 3.39. The highest BCUT2D eigenvalue weighted by atomic mass is 35.5. The summed E-state index contributed by atoms with van der Waals surface area (Å²) in [5.41, 5.74) is 0.604. The molecule has 3 aromatic rings. The molecule has 0 unspecified atom stereocenters. The summed E-state index contributed by atoms with van der Waals surface area (Å²) in [6.07, 6.45) is 1.34. The van der Waals surface area contributed by atoms with E-state index in [4.69, 9.17) is 27.9 Å². The molecule has 0 aliphatic carbocycles. The molecule has 10 nitrogen and oxygen atoms in total. The van der Waals surface area contributed by atoms with Crippen LogP contribution in [-0.4, -0.2) is 15.8 Å². The van der Waals surface area contributed by atoms with E-state index in [9.17, 15) is 30.3 Å². The maximum atomic E-state index is 12.5. The van der Waals surface area contributed by atoms with Crippen molar-refractivity contribution in [2.24, 2.45) is 0 Å². The van der Waals surface area contributed by atoms with Crippen LogP contribution in [0, 0.1) is 31.6 Å². The van der Waals surface area contributed by atoms with Gasteiger partial charge in [-0.05, 0) is 41.5 Å². The van der Waals surface area contributed by atoms with Crippen LogP contribution in [0.1, 0.15) is 11.1 Å². The Balaban J connectivity index is 1.67. The van der Waals surface area contributed by atoms with E-state index in [-0.39, 0.29) is 39.3 Å². The molecule has 0 aliphatic rings. The molecule has 35 heavy (non-hydrogen) atoms. The van der Waals surface area contributed by atoms with Crippen LogP contribution in [0.4, 0.5) is 17.1 Å². The quantitative estimate of drug-likeness (QED) is 0.170. The van der Waals surface area contributed by atoms with Gasteiger partial charge in [0.15, 0.2) is 0 Å². The largest absolute Gasteiger partial charge is 0.489 e. The van der Waals surface area contributed by atoms with Gasteiger partial charge < -0.3 is 10.1 Å². The molecule has 0 spiro atoms. The van der Waals surface area contributed by atoms with E-state index >= 15 is 0 Å². The van der Waals surface area contributed by atoms with E-state index in [0.717, 1.165) is 17.7 Å². The van der Waals surface area contributed by atoms with E-state index < -0.39 is 15.8 Å². The monoisotopic (exact) mass is 512 g/mol. The van der Waals surface area contributed by atoms with Crippen molar-refractivity contribution in [3.8, 4) is 11.8 Å². The van der Waals surface area contributed by atoms with Gasteiger partial charge >= 0.3 is 0 Å². The summed E-state index contributed by atoms with van der Waals surface area (Å²) in [6.45, 7) is 0.190. The number of hydrogen-bond donors (Lipinski definition) is 1. The Bertz CT molecular complexity index is 1340. The lowest BCUT2D eigenvalue weighted by atomic mass is 10.1. The highest BCUT2D eigenvalue weighted by Gasteiger charge is 2.18. The Morgan fingerprint density at radius 2 is 1.54 bits per heavy atom. The third-order valence-corrected chi connectivity index (χ3v) is 5.18. The molecule has 1 N–H and O–H groups in total. The zero-order valence-electron chi connectivity index (χ0n) is 17.6. The van der Waals surface area contributed by atoms with E-state index in [1.54, 1.807) is 42.5 Å². The minimum Gasteiger partial charge on any atom is -0.489 e. The van der Waals surface area contributed by atoms with Crippen molar-refractivity contribution in [3.63, 3.8) is 0 Å². The number of rotatable bonds is 8. The average Bonchev–Trinajstić information content (AvgIpc) is 2.84. The summed E-state index contributed by atoms with van der Waals surface area (Å²) < 4.78 is 5.65. The van der Waals surface area contributed by atoms with Crippen molar-refractivity contribution >= 4 is 52.2 Å². The molecular formula is C23H14Cl2N4O6. The van der Waals surface area contributed by atoms with Gasteiger partial charge in [-0.15, -0.1) is 0 Å². The van der Waals surface area contributed by atoms with Gasteiger partial charge in [-0.3, -0.25) is 25.0 Å². The van der Waals surface area contributed by atoms with Crippen LogP contribution >= 0.6 is 23.2 Å². The molecule has 0 fully saturated rings. The van der Waals surface area contributed by atoms with Gasteiger partial charge in [0.2, 0.25) is 0 Å². The number of anilines is 1. The number of ether oxygens (including phenoxy) is 1. The second-order valence-electron chi connectivity index (χ2n) is 6.95. The second kappa shape index (κ2) is 11.1. The Kier molecular flexibility index (Phi) is 7.99. The van der Waals surface area contributed by atoms with Crippen molar-refractivity contribution < 1.29 is 19.4 Å². The van der Waals surface area contributed by atoms with Gasteiger partial charge in [-0.1, -0.05) is 35.3 Å². The van der Waals surface area contributed by atoms with E-state index in [0.29, 0.717) is 11.3 Å². The first-order chi connectivity index (χ1) is 16.7. The Hall–Kier alpha value is -4.46. The molecule has 12 heteroatoms. The summed E-state index contributed by atoms with van der Waals surface area (Å²) in [7, 11) is 0. The number of nitriles is 1. The minimum absolute atomic E-state index is 0.0136. The van der Waals surface area contributed by atoms with E-state index in [1.807, 2.05) is 0 Å². The first-order valence-corrected chi connectivity index (χ1v) is 10.5.